The molecule has 0 fully saturated rings. The van der Waals surface area contributed by atoms with E-state index in [0.29, 0.717) is 13.0 Å². The Hall–Kier alpha value is -2.60. The van der Waals surface area contributed by atoms with E-state index in [9.17, 15) is 9.59 Å². The summed E-state index contributed by atoms with van der Waals surface area (Å²) in [5.74, 6) is 0.698. The highest BCUT2D eigenvalue weighted by Gasteiger charge is 2.25. The number of benzene rings is 1. The third kappa shape index (κ3) is 7.66. The van der Waals surface area contributed by atoms with Crippen LogP contribution in [-0.2, 0) is 22.5 Å². The summed E-state index contributed by atoms with van der Waals surface area (Å²) < 4.78 is 10.6. The Kier molecular flexibility index (Phi) is 7.19. The van der Waals surface area contributed by atoms with Gasteiger partial charge in [-0.1, -0.05) is 30.3 Å². The third-order valence-corrected chi connectivity index (χ3v) is 3.79. The fourth-order valence-electron chi connectivity index (χ4n) is 2.65. The molecule has 0 aliphatic carbocycles. The Morgan fingerprint density at radius 1 is 1.15 bits per heavy atom. The van der Waals surface area contributed by atoms with E-state index in [-0.39, 0.29) is 12.3 Å². The van der Waals surface area contributed by atoms with Crippen molar-refractivity contribution in [3.8, 4) is 0 Å². The predicted octanol–water partition coefficient (Wildman–Crippen LogP) is 3.42. The number of likely N-dealkylation sites (N-methyl/N-ethyl adjacent to an activating group) is 1. The maximum absolute atomic E-state index is 12.8. The van der Waals surface area contributed by atoms with Crippen molar-refractivity contribution in [1.82, 2.24) is 10.2 Å². The number of ketones is 1. The van der Waals surface area contributed by atoms with Crippen LogP contribution < -0.4 is 5.32 Å². The van der Waals surface area contributed by atoms with Crippen LogP contribution in [0.3, 0.4) is 0 Å². The van der Waals surface area contributed by atoms with E-state index >= 15 is 0 Å². The van der Waals surface area contributed by atoms with Crippen LogP contribution in [0.2, 0.25) is 0 Å². The first kappa shape index (κ1) is 20.7. The van der Waals surface area contributed by atoms with Gasteiger partial charge < -0.3 is 14.5 Å². The second kappa shape index (κ2) is 9.37. The third-order valence-electron chi connectivity index (χ3n) is 3.79. The maximum Gasteiger partial charge on any atom is 0.408 e. The molecule has 0 saturated heterocycles. The number of carbonyl (C=O) groups excluding carboxylic acids is 2. The molecule has 2 aromatic rings. The molecule has 27 heavy (non-hydrogen) atoms. The Bertz CT molecular complexity index is 720. The maximum atomic E-state index is 12.8. The number of rotatable bonds is 8. The number of hydrogen-bond donors (Lipinski definition) is 1. The van der Waals surface area contributed by atoms with E-state index in [0.717, 1.165) is 11.3 Å². The molecule has 6 nitrogen and oxygen atoms in total. The molecule has 0 unspecified atom stereocenters. The lowest BCUT2D eigenvalue weighted by molar-refractivity contribution is -0.122. The number of amides is 1. The van der Waals surface area contributed by atoms with Gasteiger partial charge in [-0.15, -0.1) is 0 Å². The zero-order chi connectivity index (χ0) is 19.9. The fraction of sp³-hybridized carbons (Fsp3) is 0.429. The lowest BCUT2D eigenvalue weighted by Crippen LogP contribution is -2.47. The fourth-order valence-corrected chi connectivity index (χ4v) is 2.65. The van der Waals surface area contributed by atoms with Gasteiger partial charge in [-0.2, -0.15) is 0 Å². The number of ether oxygens (including phenoxy) is 1. The highest BCUT2D eigenvalue weighted by Crippen LogP contribution is 2.10. The van der Waals surface area contributed by atoms with Crippen molar-refractivity contribution in [2.75, 3.05) is 13.6 Å². The molecule has 2 rings (SSSR count). The first-order chi connectivity index (χ1) is 12.7. The lowest BCUT2D eigenvalue weighted by Gasteiger charge is -2.24. The number of hydrogen-bond acceptors (Lipinski definition) is 5. The van der Waals surface area contributed by atoms with Crippen molar-refractivity contribution in [2.24, 2.45) is 0 Å². The minimum absolute atomic E-state index is 0.0845. The van der Waals surface area contributed by atoms with E-state index in [1.54, 1.807) is 27.0 Å². The van der Waals surface area contributed by atoms with Crippen molar-refractivity contribution < 1.29 is 18.7 Å². The molecule has 1 N–H and O–H groups in total. The van der Waals surface area contributed by atoms with Crippen LogP contribution >= 0.6 is 0 Å². The summed E-state index contributed by atoms with van der Waals surface area (Å²) in [5, 5.41) is 2.73. The van der Waals surface area contributed by atoms with E-state index in [4.69, 9.17) is 9.15 Å². The topological polar surface area (TPSA) is 71.8 Å². The zero-order valence-electron chi connectivity index (χ0n) is 16.4. The van der Waals surface area contributed by atoms with E-state index in [1.165, 1.54) is 0 Å². The highest BCUT2D eigenvalue weighted by molar-refractivity contribution is 5.89. The summed E-state index contributed by atoms with van der Waals surface area (Å²) in [4.78, 5) is 26.9. The summed E-state index contributed by atoms with van der Waals surface area (Å²) in [5.41, 5.74) is 0.348. The van der Waals surface area contributed by atoms with Gasteiger partial charge >= 0.3 is 6.09 Å². The number of nitrogens with zero attached hydrogens (tertiary/aromatic N) is 1. The molecule has 0 saturated carbocycles. The summed E-state index contributed by atoms with van der Waals surface area (Å²) in [6, 6.07) is 12.6. The smallest absolute Gasteiger partial charge is 0.408 e. The van der Waals surface area contributed by atoms with Gasteiger partial charge in [-0.05, 0) is 51.9 Å². The molecular weight excluding hydrogens is 344 g/mol. The molecule has 1 heterocycles. The van der Waals surface area contributed by atoms with Crippen LogP contribution in [0.1, 0.15) is 32.1 Å². The van der Waals surface area contributed by atoms with Gasteiger partial charge in [-0.3, -0.25) is 9.69 Å². The standard InChI is InChI=1S/C21H28N2O4/c1-21(2,3)27-20(25)22-18(13-16-9-6-5-7-10-16)19(24)15-23(4)14-17-11-8-12-26-17/h5-12,18H,13-15H2,1-4H3,(H,22,25)/t18-/m0/s1. The van der Waals surface area contributed by atoms with Crippen molar-refractivity contribution in [3.05, 3.63) is 60.1 Å². The van der Waals surface area contributed by atoms with Gasteiger partial charge in [0.05, 0.1) is 25.4 Å². The number of carbonyl (C=O) groups is 2. The van der Waals surface area contributed by atoms with Gasteiger partial charge in [0.15, 0.2) is 5.78 Å². The second-order valence-corrected chi connectivity index (χ2v) is 7.61. The van der Waals surface area contributed by atoms with Crippen molar-refractivity contribution in [3.63, 3.8) is 0 Å². The molecule has 0 aliphatic heterocycles. The van der Waals surface area contributed by atoms with Crippen LogP contribution in [-0.4, -0.2) is 42.0 Å². The Morgan fingerprint density at radius 2 is 1.85 bits per heavy atom. The Labute approximate surface area is 160 Å². The Balaban J connectivity index is 2.02. The van der Waals surface area contributed by atoms with Crippen molar-refractivity contribution in [1.29, 1.82) is 0 Å². The zero-order valence-corrected chi connectivity index (χ0v) is 16.4. The van der Waals surface area contributed by atoms with Gasteiger partial charge in [-0.25, -0.2) is 4.79 Å². The number of nitrogens with one attached hydrogen (secondary N) is 1. The molecule has 1 aromatic carbocycles. The minimum atomic E-state index is -0.665. The first-order valence-corrected chi connectivity index (χ1v) is 9.00. The van der Waals surface area contributed by atoms with E-state index in [2.05, 4.69) is 5.32 Å². The highest BCUT2D eigenvalue weighted by atomic mass is 16.6. The number of alkyl carbamates (subject to hydrolysis) is 1. The monoisotopic (exact) mass is 372 g/mol. The van der Waals surface area contributed by atoms with Crippen LogP contribution in [0.4, 0.5) is 4.79 Å². The quantitative estimate of drug-likeness (QED) is 0.769. The largest absolute Gasteiger partial charge is 0.468 e. The number of furan rings is 1. The van der Waals surface area contributed by atoms with E-state index in [1.807, 2.05) is 54.4 Å². The summed E-state index contributed by atoms with van der Waals surface area (Å²) in [6.45, 7) is 6.07. The molecule has 146 valence electrons. The lowest BCUT2D eigenvalue weighted by atomic mass is 10.0. The van der Waals surface area contributed by atoms with Crippen LogP contribution in [0.25, 0.3) is 0 Å². The summed E-state index contributed by atoms with van der Waals surface area (Å²) in [7, 11) is 1.84. The van der Waals surface area contributed by atoms with Crippen molar-refractivity contribution in [2.45, 2.75) is 45.4 Å². The normalized spacial score (nSPS) is 12.6. The molecular formula is C21H28N2O4. The molecule has 0 radical (unpaired) electrons. The minimum Gasteiger partial charge on any atom is -0.468 e. The van der Waals surface area contributed by atoms with E-state index < -0.39 is 17.7 Å². The van der Waals surface area contributed by atoms with Gasteiger partial charge in [0, 0.05) is 0 Å². The van der Waals surface area contributed by atoms with Crippen LogP contribution in [0, 0.1) is 0 Å². The van der Waals surface area contributed by atoms with Gasteiger partial charge in [0.1, 0.15) is 11.4 Å². The van der Waals surface area contributed by atoms with Crippen LogP contribution in [0.5, 0.6) is 0 Å². The summed E-state index contributed by atoms with van der Waals surface area (Å²) >= 11 is 0. The van der Waals surface area contributed by atoms with Gasteiger partial charge in [0.25, 0.3) is 0 Å². The molecule has 0 spiro atoms. The second-order valence-electron chi connectivity index (χ2n) is 7.61. The predicted molar refractivity (Wildman–Crippen MR) is 103 cm³/mol. The van der Waals surface area contributed by atoms with Crippen molar-refractivity contribution >= 4 is 11.9 Å². The molecule has 0 bridgehead atoms. The van der Waals surface area contributed by atoms with Crippen LogP contribution in [0.15, 0.2) is 53.1 Å². The Morgan fingerprint density at radius 3 is 2.44 bits per heavy atom. The molecule has 1 atom stereocenters. The average Bonchev–Trinajstić information content (AvgIpc) is 3.06. The SMILES string of the molecule is CN(CC(=O)[C@H](Cc1ccccc1)NC(=O)OC(C)(C)C)Cc1ccco1. The molecule has 1 amide bonds. The summed E-state index contributed by atoms with van der Waals surface area (Å²) in [6.07, 6.45) is 1.42. The first-order valence-electron chi connectivity index (χ1n) is 9.00. The molecule has 6 heteroatoms. The van der Waals surface area contributed by atoms with Gasteiger partial charge in [0.2, 0.25) is 0 Å². The molecule has 0 aliphatic rings. The molecule has 1 aromatic heterocycles. The number of Topliss-reactive ketones (excluding diaryl/α,β-unsaturated/α-hetero) is 1. The average molecular weight is 372 g/mol.